The van der Waals surface area contributed by atoms with Gasteiger partial charge in [-0.3, -0.25) is 0 Å². The monoisotopic (exact) mass is 329 g/mol. The van der Waals surface area contributed by atoms with E-state index >= 15 is 0 Å². The molecule has 2 aromatic carbocycles. The summed E-state index contributed by atoms with van der Waals surface area (Å²) >= 11 is 0. The Morgan fingerprint density at radius 1 is 1.00 bits per heavy atom. The Morgan fingerprint density at radius 2 is 1.62 bits per heavy atom. The number of phosphoric ester groups is 1. The van der Waals surface area contributed by atoms with E-state index in [9.17, 15) is 14.4 Å². The van der Waals surface area contributed by atoms with Crippen LogP contribution in [0.1, 0.15) is 0 Å². The van der Waals surface area contributed by atoms with Gasteiger partial charge in [0.2, 0.25) is 0 Å². The van der Waals surface area contributed by atoms with Crippen molar-refractivity contribution in [3.8, 4) is 5.75 Å². The first-order chi connectivity index (χ1) is 7.06. The molecule has 16 heavy (non-hydrogen) atoms. The van der Waals surface area contributed by atoms with E-state index in [2.05, 4.69) is 4.52 Å². The van der Waals surface area contributed by atoms with Gasteiger partial charge in [-0.1, -0.05) is 36.4 Å². The zero-order chi connectivity index (χ0) is 10.9. The van der Waals surface area contributed by atoms with Crippen LogP contribution in [0.15, 0.2) is 42.5 Å². The second-order valence-electron chi connectivity index (χ2n) is 3.02. The summed E-state index contributed by atoms with van der Waals surface area (Å²) < 4.78 is 14.9. The van der Waals surface area contributed by atoms with Crippen molar-refractivity contribution in [1.29, 1.82) is 0 Å². The first kappa shape index (κ1) is 13.5. The number of phosphoric acid groups is 1. The number of hydrogen-bond donors (Lipinski definition) is 0. The van der Waals surface area contributed by atoms with Gasteiger partial charge >= 0.3 is 22.4 Å². The summed E-state index contributed by atoms with van der Waals surface area (Å²) in [6.45, 7) is 0. The van der Waals surface area contributed by atoms with E-state index in [1.165, 1.54) is 6.07 Å². The molecule has 0 aromatic heterocycles. The van der Waals surface area contributed by atoms with Crippen LogP contribution in [0, 0.1) is 0 Å². The third kappa shape index (κ3) is 3.19. The van der Waals surface area contributed by atoms with Gasteiger partial charge < -0.3 is 18.9 Å². The molecule has 0 fully saturated rings. The molecule has 0 unspecified atom stereocenters. The summed E-state index contributed by atoms with van der Waals surface area (Å²) in [5, 5.41) is 1.43. The smallest absolute Gasteiger partial charge is 0.780 e. The number of fused-ring (bicyclic) bond motifs is 1. The van der Waals surface area contributed by atoms with Crippen LogP contribution in [0.4, 0.5) is 0 Å². The molecule has 0 spiro atoms. The first-order valence-corrected chi connectivity index (χ1v) is 5.72. The van der Waals surface area contributed by atoms with E-state index in [4.69, 9.17) is 0 Å². The van der Waals surface area contributed by atoms with Gasteiger partial charge in [-0.25, -0.2) is 0 Å². The average molecular weight is 330 g/mol. The van der Waals surface area contributed by atoms with Gasteiger partial charge in [0.1, 0.15) is 13.6 Å². The van der Waals surface area contributed by atoms with E-state index < -0.39 is 7.82 Å². The van der Waals surface area contributed by atoms with Crippen LogP contribution in [0.25, 0.3) is 10.8 Å². The first-order valence-electron chi connectivity index (χ1n) is 4.26. The van der Waals surface area contributed by atoms with Crippen molar-refractivity contribution >= 4 is 18.6 Å². The fraction of sp³-hybridized carbons (Fsp3) is 0. The second kappa shape index (κ2) is 5.15. The molecule has 88 valence electrons. The van der Waals surface area contributed by atoms with Gasteiger partial charge in [-0.15, -0.1) is 0 Å². The van der Waals surface area contributed by atoms with Crippen molar-refractivity contribution < 1.29 is 41.3 Å². The van der Waals surface area contributed by atoms with Gasteiger partial charge in [0.25, 0.3) is 0 Å². The molecule has 0 aliphatic heterocycles. The zero-order valence-electron chi connectivity index (χ0n) is 7.92. The van der Waals surface area contributed by atoms with Gasteiger partial charge in [-0.2, -0.15) is 0 Å². The Morgan fingerprint density at radius 3 is 2.31 bits per heavy atom. The molecular formula is C10H7AgO4P-. The van der Waals surface area contributed by atoms with Crippen LogP contribution in [0.3, 0.4) is 0 Å². The molecule has 0 aliphatic carbocycles. The Kier molecular flexibility index (Phi) is 4.33. The Balaban J connectivity index is 0.00000128. The van der Waals surface area contributed by atoms with Crippen LogP contribution in [0.2, 0.25) is 0 Å². The average Bonchev–Trinajstić information content (AvgIpc) is 2.16. The third-order valence-corrected chi connectivity index (χ3v) is 2.38. The normalized spacial score (nSPS) is 10.9. The van der Waals surface area contributed by atoms with Crippen molar-refractivity contribution in [3.63, 3.8) is 0 Å². The molecule has 0 saturated heterocycles. The van der Waals surface area contributed by atoms with Crippen molar-refractivity contribution in [3.05, 3.63) is 42.5 Å². The molecule has 2 aromatic rings. The Bertz CT molecular complexity index is 532. The largest absolute Gasteiger partial charge is 1.00 e. The Labute approximate surface area is 108 Å². The van der Waals surface area contributed by atoms with Gasteiger partial charge in [-0.05, 0) is 11.5 Å². The summed E-state index contributed by atoms with van der Waals surface area (Å²) in [7, 11) is -4.99. The van der Waals surface area contributed by atoms with Crippen LogP contribution < -0.4 is 14.3 Å². The molecule has 2 rings (SSSR count). The molecule has 0 radical (unpaired) electrons. The molecular weight excluding hydrogens is 323 g/mol. The van der Waals surface area contributed by atoms with Crippen molar-refractivity contribution in [1.82, 2.24) is 0 Å². The Hall–Kier alpha value is -0.610. The zero-order valence-corrected chi connectivity index (χ0v) is 10.3. The summed E-state index contributed by atoms with van der Waals surface area (Å²) in [4.78, 5) is 21.0. The topological polar surface area (TPSA) is 72.4 Å². The summed E-state index contributed by atoms with van der Waals surface area (Å²) in [6, 6.07) is 12.0. The fourth-order valence-electron chi connectivity index (χ4n) is 1.40. The molecule has 0 bridgehead atoms. The maximum Gasteiger partial charge on any atom is 1.00 e. The van der Waals surface area contributed by atoms with Gasteiger partial charge in [0.05, 0.1) is 0 Å². The van der Waals surface area contributed by atoms with Crippen LogP contribution in [-0.4, -0.2) is 0 Å². The van der Waals surface area contributed by atoms with Crippen molar-refractivity contribution in [2.75, 3.05) is 0 Å². The molecule has 0 saturated carbocycles. The SMILES string of the molecule is O=P([O-])([O-])Oc1cccc2ccccc12.[Ag+]. The minimum Gasteiger partial charge on any atom is -0.780 e. The summed E-state index contributed by atoms with van der Waals surface area (Å²) in [5.41, 5.74) is 0. The molecule has 0 N–H and O–H groups in total. The second-order valence-corrected chi connectivity index (χ2v) is 4.09. The molecule has 0 atom stereocenters. The molecule has 4 nitrogen and oxygen atoms in total. The van der Waals surface area contributed by atoms with Crippen LogP contribution in [-0.2, 0) is 26.9 Å². The fourth-order valence-corrected chi connectivity index (χ4v) is 1.80. The number of benzene rings is 2. The summed E-state index contributed by atoms with van der Waals surface area (Å²) in [6.07, 6.45) is 0. The van der Waals surface area contributed by atoms with Gasteiger partial charge in [0.15, 0.2) is 0 Å². The van der Waals surface area contributed by atoms with E-state index in [-0.39, 0.29) is 28.1 Å². The summed E-state index contributed by atoms with van der Waals surface area (Å²) in [5.74, 6) is 0.0708. The number of rotatable bonds is 2. The third-order valence-electron chi connectivity index (χ3n) is 1.96. The molecule has 0 heterocycles. The van der Waals surface area contributed by atoms with Crippen LogP contribution in [0.5, 0.6) is 5.75 Å². The predicted octanol–water partition coefficient (Wildman–Crippen LogP) is 1.04. The van der Waals surface area contributed by atoms with Crippen LogP contribution >= 0.6 is 7.82 Å². The predicted molar refractivity (Wildman–Crippen MR) is 52.2 cm³/mol. The molecule has 0 aliphatic rings. The van der Waals surface area contributed by atoms with E-state index in [0.29, 0.717) is 5.39 Å². The van der Waals surface area contributed by atoms with Crippen molar-refractivity contribution in [2.45, 2.75) is 0 Å². The standard InChI is InChI=1S/C10H9O4P.Ag/c11-15(12,13)14-10-7-3-5-8-4-1-2-6-9(8)10;/h1-7H,(H2,11,12,13);/q;+1/p-2. The van der Waals surface area contributed by atoms with E-state index in [1.54, 1.807) is 18.2 Å². The molecule has 0 amide bonds. The maximum atomic E-state index is 10.5. The maximum absolute atomic E-state index is 10.5. The minimum absolute atomic E-state index is 0. The van der Waals surface area contributed by atoms with E-state index in [1.807, 2.05) is 18.2 Å². The minimum atomic E-state index is -4.99. The molecule has 6 heteroatoms. The quantitative estimate of drug-likeness (QED) is 0.609. The van der Waals surface area contributed by atoms with E-state index in [0.717, 1.165) is 5.39 Å². The van der Waals surface area contributed by atoms with Crippen molar-refractivity contribution in [2.24, 2.45) is 0 Å². The van der Waals surface area contributed by atoms with Gasteiger partial charge in [0, 0.05) is 5.39 Å². The number of hydrogen-bond acceptors (Lipinski definition) is 4.